The molecule has 1 N–H and O–H groups in total. The monoisotopic (exact) mass is 238 g/mol. The number of rotatable bonds is 5. The van der Waals surface area contributed by atoms with Crippen LogP contribution in [0, 0.1) is 5.92 Å². The van der Waals surface area contributed by atoms with E-state index in [-0.39, 0.29) is 17.4 Å². The highest BCUT2D eigenvalue weighted by Crippen LogP contribution is 1.97. The summed E-state index contributed by atoms with van der Waals surface area (Å²) in [5, 5.41) is 2.76. The highest BCUT2D eigenvalue weighted by molar-refractivity contribution is 5.93. The van der Waals surface area contributed by atoms with E-state index >= 15 is 0 Å². The standard InChI is InChI=1S/C12H18N2O3/c1-9(8-17-3)7-13-12(16)10-4-5-14(2)11(15)6-10/h4-6,9H,7-8H2,1-3H3,(H,13,16). The molecule has 0 saturated heterocycles. The maximum atomic E-state index is 11.7. The number of ether oxygens (including phenoxy) is 1. The Balaban J connectivity index is 2.58. The van der Waals surface area contributed by atoms with Crippen LogP contribution in [-0.2, 0) is 11.8 Å². The lowest BCUT2D eigenvalue weighted by atomic mass is 10.2. The van der Waals surface area contributed by atoms with E-state index in [1.165, 1.54) is 10.6 Å². The second-order valence-corrected chi connectivity index (χ2v) is 4.14. The van der Waals surface area contributed by atoms with Crippen LogP contribution in [0.15, 0.2) is 23.1 Å². The largest absolute Gasteiger partial charge is 0.384 e. The summed E-state index contributed by atoms with van der Waals surface area (Å²) in [5.41, 5.74) is 0.195. The number of carbonyl (C=O) groups excluding carboxylic acids is 1. The molecule has 5 heteroatoms. The number of carbonyl (C=O) groups is 1. The van der Waals surface area contributed by atoms with Crippen molar-refractivity contribution >= 4 is 5.91 Å². The number of aryl methyl sites for hydroxylation is 1. The number of hydrogen-bond donors (Lipinski definition) is 1. The Kier molecular flexibility index (Phi) is 4.90. The van der Waals surface area contributed by atoms with Gasteiger partial charge in [-0.25, -0.2) is 0 Å². The van der Waals surface area contributed by atoms with Gasteiger partial charge in [-0.2, -0.15) is 0 Å². The number of aromatic nitrogens is 1. The highest BCUT2D eigenvalue weighted by Gasteiger charge is 2.08. The third-order valence-corrected chi connectivity index (χ3v) is 2.43. The fourth-order valence-corrected chi connectivity index (χ4v) is 1.40. The van der Waals surface area contributed by atoms with Crippen molar-refractivity contribution in [2.24, 2.45) is 13.0 Å². The minimum Gasteiger partial charge on any atom is -0.384 e. The first-order valence-electron chi connectivity index (χ1n) is 5.48. The molecule has 0 bridgehead atoms. The molecular formula is C12H18N2O3. The quantitative estimate of drug-likeness (QED) is 0.807. The lowest BCUT2D eigenvalue weighted by molar-refractivity contribution is 0.0934. The lowest BCUT2D eigenvalue weighted by Crippen LogP contribution is -2.31. The summed E-state index contributed by atoms with van der Waals surface area (Å²) in [6.07, 6.45) is 1.58. The van der Waals surface area contributed by atoms with E-state index in [0.717, 1.165) is 0 Å². The van der Waals surface area contributed by atoms with Gasteiger partial charge in [-0.3, -0.25) is 9.59 Å². The Hall–Kier alpha value is -1.62. The average Bonchev–Trinajstić information content (AvgIpc) is 2.30. The SMILES string of the molecule is COCC(C)CNC(=O)c1ccn(C)c(=O)c1. The van der Waals surface area contributed by atoms with Crippen molar-refractivity contribution in [2.45, 2.75) is 6.92 Å². The zero-order chi connectivity index (χ0) is 12.8. The maximum Gasteiger partial charge on any atom is 0.251 e. The molecule has 1 atom stereocenters. The van der Waals surface area contributed by atoms with Gasteiger partial charge in [-0.15, -0.1) is 0 Å². The molecule has 0 fully saturated rings. The van der Waals surface area contributed by atoms with Crippen molar-refractivity contribution in [3.8, 4) is 0 Å². The van der Waals surface area contributed by atoms with Crippen molar-refractivity contribution in [2.75, 3.05) is 20.3 Å². The van der Waals surface area contributed by atoms with Gasteiger partial charge in [0.15, 0.2) is 0 Å². The summed E-state index contributed by atoms with van der Waals surface area (Å²) >= 11 is 0. The number of pyridine rings is 1. The van der Waals surface area contributed by atoms with Crippen LogP contribution in [0.3, 0.4) is 0 Å². The van der Waals surface area contributed by atoms with Crippen LogP contribution in [0.5, 0.6) is 0 Å². The number of amides is 1. The van der Waals surface area contributed by atoms with Crippen molar-refractivity contribution < 1.29 is 9.53 Å². The fourth-order valence-electron chi connectivity index (χ4n) is 1.40. The molecule has 0 spiro atoms. The van der Waals surface area contributed by atoms with Crippen molar-refractivity contribution in [3.63, 3.8) is 0 Å². The van der Waals surface area contributed by atoms with Gasteiger partial charge in [0.25, 0.3) is 11.5 Å². The van der Waals surface area contributed by atoms with Gasteiger partial charge >= 0.3 is 0 Å². The zero-order valence-corrected chi connectivity index (χ0v) is 10.4. The first-order chi connectivity index (χ1) is 8.04. The van der Waals surface area contributed by atoms with Gasteiger partial charge in [0.2, 0.25) is 0 Å². The van der Waals surface area contributed by atoms with E-state index in [0.29, 0.717) is 18.7 Å². The van der Waals surface area contributed by atoms with Crippen LogP contribution in [-0.4, -0.2) is 30.7 Å². The molecule has 1 aromatic heterocycles. The first kappa shape index (κ1) is 13.4. The van der Waals surface area contributed by atoms with Crippen molar-refractivity contribution in [3.05, 3.63) is 34.2 Å². The summed E-state index contributed by atoms with van der Waals surface area (Å²) in [7, 11) is 3.27. The predicted molar refractivity (Wildman–Crippen MR) is 65.1 cm³/mol. The zero-order valence-electron chi connectivity index (χ0n) is 10.4. The van der Waals surface area contributed by atoms with Crippen LogP contribution >= 0.6 is 0 Å². The number of nitrogens with one attached hydrogen (secondary N) is 1. The third kappa shape index (κ3) is 4.03. The van der Waals surface area contributed by atoms with E-state index in [9.17, 15) is 9.59 Å². The highest BCUT2D eigenvalue weighted by atomic mass is 16.5. The van der Waals surface area contributed by atoms with Gasteiger partial charge in [0, 0.05) is 38.5 Å². The Bertz CT molecular complexity index is 440. The molecule has 1 amide bonds. The topological polar surface area (TPSA) is 60.3 Å². The molecule has 0 aliphatic rings. The van der Waals surface area contributed by atoms with Crippen LogP contribution in [0.1, 0.15) is 17.3 Å². The van der Waals surface area contributed by atoms with E-state index < -0.39 is 0 Å². The molecule has 0 aliphatic heterocycles. The Morgan fingerprint density at radius 3 is 2.88 bits per heavy atom. The molecule has 5 nitrogen and oxygen atoms in total. The number of methoxy groups -OCH3 is 1. The second kappa shape index (κ2) is 6.20. The molecule has 0 saturated carbocycles. The maximum absolute atomic E-state index is 11.7. The molecular weight excluding hydrogens is 220 g/mol. The molecule has 0 aliphatic carbocycles. The van der Waals surface area contributed by atoms with E-state index in [4.69, 9.17) is 4.74 Å². The summed E-state index contributed by atoms with van der Waals surface area (Å²) in [5.74, 6) is 0.0150. The first-order valence-corrected chi connectivity index (χ1v) is 5.48. The smallest absolute Gasteiger partial charge is 0.251 e. The third-order valence-electron chi connectivity index (χ3n) is 2.43. The van der Waals surface area contributed by atoms with E-state index in [1.54, 1.807) is 26.4 Å². The van der Waals surface area contributed by atoms with Gasteiger partial charge in [0.05, 0.1) is 6.61 Å². The molecule has 0 radical (unpaired) electrons. The van der Waals surface area contributed by atoms with Crippen LogP contribution in [0.25, 0.3) is 0 Å². The minimum absolute atomic E-state index is 0.192. The van der Waals surface area contributed by atoms with E-state index in [1.807, 2.05) is 6.92 Å². The summed E-state index contributed by atoms with van der Waals surface area (Å²) in [4.78, 5) is 23.1. The van der Waals surface area contributed by atoms with Crippen molar-refractivity contribution in [1.29, 1.82) is 0 Å². The Morgan fingerprint density at radius 2 is 2.29 bits per heavy atom. The average molecular weight is 238 g/mol. The van der Waals surface area contributed by atoms with Crippen LogP contribution in [0.2, 0.25) is 0 Å². The van der Waals surface area contributed by atoms with E-state index in [2.05, 4.69) is 5.32 Å². The Labute approximate surface area is 100 Å². The van der Waals surface area contributed by atoms with Gasteiger partial charge < -0.3 is 14.6 Å². The number of nitrogens with zero attached hydrogens (tertiary/aromatic N) is 1. The second-order valence-electron chi connectivity index (χ2n) is 4.14. The number of hydrogen-bond acceptors (Lipinski definition) is 3. The van der Waals surface area contributed by atoms with Gasteiger partial charge in [-0.05, 0) is 12.0 Å². The summed E-state index contributed by atoms with van der Waals surface area (Å²) < 4.78 is 6.39. The normalized spacial score (nSPS) is 12.2. The van der Waals surface area contributed by atoms with Crippen LogP contribution in [0.4, 0.5) is 0 Å². The summed E-state index contributed by atoms with van der Waals surface area (Å²) in [6.45, 7) is 3.10. The predicted octanol–water partition coefficient (Wildman–Crippen LogP) is 0.398. The molecule has 94 valence electrons. The molecule has 1 heterocycles. The summed E-state index contributed by atoms with van der Waals surface area (Å²) in [6, 6.07) is 2.95. The lowest BCUT2D eigenvalue weighted by Gasteiger charge is -2.11. The molecule has 0 aromatic carbocycles. The molecule has 17 heavy (non-hydrogen) atoms. The van der Waals surface area contributed by atoms with Gasteiger partial charge in [-0.1, -0.05) is 6.92 Å². The fraction of sp³-hybridized carbons (Fsp3) is 0.500. The molecule has 1 aromatic rings. The Morgan fingerprint density at radius 1 is 1.59 bits per heavy atom. The molecule has 1 unspecified atom stereocenters. The molecule has 1 rings (SSSR count). The minimum atomic E-state index is -0.231. The van der Waals surface area contributed by atoms with Gasteiger partial charge in [0.1, 0.15) is 0 Å². The van der Waals surface area contributed by atoms with Crippen LogP contribution < -0.4 is 10.9 Å². The van der Waals surface area contributed by atoms with Crippen molar-refractivity contribution in [1.82, 2.24) is 9.88 Å².